The molecule has 5 nitrogen and oxygen atoms in total. The Morgan fingerprint density at radius 1 is 1.65 bits per heavy atom. The van der Waals surface area contributed by atoms with Crippen molar-refractivity contribution in [3.63, 3.8) is 0 Å². The fourth-order valence-corrected chi connectivity index (χ4v) is 3.42. The van der Waals surface area contributed by atoms with Crippen LogP contribution in [0.25, 0.3) is 0 Å². The molecule has 1 aliphatic rings. The number of hydrogen-bond donors (Lipinski definition) is 1. The maximum Gasteiger partial charge on any atom is 0.327 e. The minimum atomic E-state index is -0.922. The van der Waals surface area contributed by atoms with Gasteiger partial charge < -0.3 is 14.9 Å². The number of aliphatic carboxylic acids is 1. The number of amides is 2. The van der Waals surface area contributed by atoms with Crippen molar-refractivity contribution in [3.8, 4) is 0 Å². The SMILES string of the molecule is CSCC(C)N(C)C(=O)N1CSCC1C(=O)O. The molecule has 0 aromatic rings. The van der Waals surface area contributed by atoms with Crippen LogP contribution in [0.2, 0.25) is 0 Å². The first kappa shape index (κ1) is 14.5. The lowest BCUT2D eigenvalue weighted by molar-refractivity contribution is -0.140. The van der Waals surface area contributed by atoms with Gasteiger partial charge >= 0.3 is 12.0 Å². The van der Waals surface area contributed by atoms with Crippen molar-refractivity contribution in [2.45, 2.75) is 19.0 Å². The third-order valence-electron chi connectivity index (χ3n) is 2.78. The Kier molecular flexibility index (Phi) is 5.45. The van der Waals surface area contributed by atoms with Gasteiger partial charge in [-0.3, -0.25) is 0 Å². The monoisotopic (exact) mass is 278 g/mol. The van der Waals surface area contributed by atoms with Gasteiger partial charge in [-0.2, -0.15) is 11.8 Å². The van der Waals surface area contributed by atoms with Gasteiger partial charge in [0.05, 0.1) is 5.88 Å². The van der Waals surface area contributed by atoms with E-state index in [1.54, 1.807) is 23.7 Å². The number of urea groups is 1. The Morgan fingerprint density at radius 2 is 2.29 bits per heavy atom. The van der Waals surface area contributed by atoms with E-state index in [0.29, 0.717) is 11.6 Å². The number of hydrogen-bond acceptors (Lipinski definition) is 4. The zero-order chi connectivity index (χ0) is 13.0. The second-order valence-electron chi connectivity index (χ2n) is 4.02. The summed E-state index contributed by atoms with van der Waals surface area (Å²) >= 11 is 3.15. The molecule has 0 bridgehead atoms. The van der Waals surface area contributed by atoms with Gasteiger partial charge in [0.15, 0.2) is 0 Å². The van der Waals surface area contributed by atoms with Crippen LogP contribution in [0, 0.1) is 0 Å². The molecule has 2 amide bonds. The van der Waals surface area contributed by atoms with Gasteiger partial charge in [0.25, 0.3) is 0 Å². The van der Waals surface area contributed by atoms with Crippen molar-refractivity contribution in [2.75, 3.05) is 30.7 Å². The second kappa shape index (κ2) is 6.39. The molecule has 0 aliphatic carbocycles. The van der Waals surface area contributed by atoms with Gasteiger partial charge in [0, 0.05) is 24.6 Å². The van der Waals surface area contributed by atoms with E-state index in [1.807, 2.05) is 13.2 Å². The normalized spacial score (nSPS) is 21.4. The summed E-state index contributed by atoms with van der Waals surface area (Å²) in [7, 11) is 1.73. The molecule has 17 heavy (non-hydrogen) atoms. The van der Waals surface area contributed by atoms with Crippen LogP contribution in [-0.2, 0) is 4.79 Å². The maximum absolute atomic E-state index is 12.1. The molecule has 0 radical (unpaired) electrons. The highest BCUT2D eigenvalue weighted by atomic mass is 32.2. The van der Waals surface area contributed by atoms with Gasteiger partial charge in [0.2, 0.25) is 0 Å². The van der Waals surface area contributed by atoms with Crippen molar-refractivity contribution < 1.29 is 14.7 Å². The average Bonchev–Trinajstić information content (AvgIpc) is 2.76. The molecule has 1 aliphatic heterocycles. The number of carbonyl (C=O) groups excluding carboxylic acids is 1. The molecule has 7 heteroatoms. The Labute approximate surface area is 110 Å². The molecule has 0 aromatic heterocycles. The lowest BCUT2D eigenvalue weighted by Crippen LogP contribution is -2.50. The van der Waals surface area contributed by atoms with Gasteiger partial charge in [-0.05, 0) is 13.2 Å². The van der Waals surface area contributed by atoms with Gasteiger partial charge in [-0.25, -0.2) is 9.59 Å². The van der Waals surface area contributed by atoms with Crippen molar-refractivity contribution in [3.05, 3.63) is 0 Å². The molecule has 1 saturated heterocycles. The lowest BCUT2D eigenvalue weighted by atomic mass is 10.3. The van der Waals surface area contributed by atoms with Crippen molar-refractivity contribution in [1.82, 2.24) is 9.80 Å². The van der Waals surface area contributed by atoms with E-state index in [0.717, 1.165) is 5.75 Å². The molecule has 2 atom stereocenters. The topological polar surface area (TPSA) is 60.9 Å². The number of carboxylic acid groups (broad SMARTS) is 1. The Morgan fingerprint density at radius 3 is 2.82 bits per heavy atom. The van der Waals surface area contributed by atoms with Crippen LogP contribution in [0.3, 0.4) is 0 Å². The third kappa shape index (κ3) is 3.45. The largest absolute Gasteiger partial charge is 0.480 e. The molecular weight excluding hydrogens is 260 g/mol. The van der Waals surface area contributed by atoms with Crippen LogP contribution >= 0.6 is 23.5 Å². The summed E-state index contributed by atoms with van der Waals surface area (Å²) in [5.74, 6) is 0.869. The molecule has 0 saturated carbocycles. The standard InChI is InChI=1S/C10H18N2O3S2/c1-7(4-16-3)11(2)10(15)12-6-17-5-8(12)9(13)14/h7-8H,4-6H2,1-3H3,(H,13,14). The minimum absolute atomic E-state index is 0.109. The average molecular weight is 278 g/mol. The molecule has 1 N–H and O–H groups in total. The maximum atomic E-state index is 12.1. The number of carboxylic acids is 1. The fourth-order valence-electron chi connectivity index (χ4n) is 1.58. The molecular formula is C10H18N2O3S2. The summed E-state index contributed by atoms with van der Waals surface area (Å²) in [5, 5.41) is 9.03. The summed E-state index contributed by atoms with van der Waals surface area (Å²) in [5.41, 5.74) is 0. The van der Waals surface area contributed by atoms with Crippen LogP contribution in [0.15, 0.2) is 0 Å². The molecule has 1 fully saturated rings. The van der Waals surface area contributed by atoms with Crippen LogP contribution in [0.5, 0.6) is 0 Å². The minimum Gasteiger partial charge on any atom is -0.480 e. The van der Waals surface area contributed by atoms with Gasteiger partial charge in [-0.15, -0.1) is 11.8 Å². The van der Waals surface area contributed by atoms with Crippen LogP contribution in [0.4, 0.5) is 4.79 Å². The molecule has 1 heterocycles. The van der Waals surface area contributed by atoms with Crippen LogP contribution in [-0.4, -0.2) is 69.7 Å². The first-order valence-electron chi connectivity index (χ1n) is 5.32. The third-order valence-corrected chi connectivity index (χ3v) is 4.61. The van der Waals surface area contributed by atoms with Crippen molar-refractivity contribution in [2.24, 2.45) is 0 Å². The zero-order valence-electron chi connectivity index (χ0n) is 10.3. The van der Waals surface area contributed by atoms with Gasteiger partial charge in [0.1, 0.15) is 6.04 Å². The van der Waals surface area contributed by atoms with Gasteiger partial charge in [-0.1, -0.05) is 0 Å². The second-order valence-corrected chi connectivity index (χ2v) is 5.93. The Hall–Kier alpha value is -0.560. The van der Waals surface area contributed by atoms with Crippen molar-refractivity contribution >= 4 is 35.5 Å². The molecule has 98 valence electrons. The van der Waals surface area contributed by atoms with Crippen LogP contribution < -0.4 is 0 Å². The number of nitrogens with zero attached hydrogens (tertiary/aromatic N) is 2. The van der Waals surface area contributed by atoms with E-state index >= 15 is 0 Å². The molecule has 1 rings (SSSR count). The Bertz CT molecular complexity index is 301. The predicted octanol–water partition coefficient (Wildman–Crippen LogP) is 1.25. The summed E-state index contributed by atoms with van der Waals surface area (Å²) < 4.78 is 0. The highest BCUT2D eigenvalue weighted by Crippen LogP contribution is 2.23. The van der Waals surface area contributed by atoms with Crippen LogP contribution in [0.1, 0.15) is 6.92 Å². The van der Waals surface area contributed by atoms with E-state index in [9.17, 15) is 9.59 Å². The summed E-state index contributed by atoms with van der Waals surface area (Å²) in [6.45, 7) is 1.97. The summed E-state index contributed by atoms with van der Waals surface area (Å²) in [4.78, 5) is 26.2. The van der Waals surface area contributed by atoms with E-state index < -0.39 is 12.0 Å². The smallest absolute Gasteiger partial charge is 0.327 e. The van der Waals surface area contributed by atoms with E-state index in [1.165, 1.54) is 16.7 Å². The lowest BCUT2D eigenvalue weighted by Gasteiger charge is -2.30. The summed E-state index contributed by atoms with van der Waals surface area (Å²) in [6.07, 6.45) is 1.99. The Balaban J connectivity index is 2.65. The molecule has 0 aromatic carbocycles. The first-order valence-corrected chi connectivity index (χ1v) is 7.86. The highest BCUT2D eigenvalue weighted by molar-refractivity contribution is 7.99. The number of rotatable bonds is 4. The van der Waals surface area contributed by atoms with E-state index in [2.05, 4.69) is 0 Å². The van der Waals surface area contributed by atoms with Crippen molar-refractivity contribution in [1.29, 1.82) is 0 Å². The van der Waals surface area contributed by atoms with E-state index in [4.69, 9.17) is 5.11 Å². The number of carbonyl (C=O) groups is 2. The quantitative estimate of drug-likeness (QED) is 0.838. The van der Waals surface area contributed by atoms with E-state index in [-0.39, 0.29) is 12.1 Å². The fraction of sp³-hybridized carbons (Fsp3) is 0.800. The predicted molar refractivity (Wildman–Crippen MR) is 71.6 cm³/mol. The number of thioether (sulfide) groups is 2. The molecule has 0 spiro atoms. The highest BCUT2D eigenvalue weighted by Gasteiger charge is 2.36. The summed E-state index contributed by atoms with van der Waals surface area (Å²) in [6, 6.07) is -0.766. The zero-order valence-corrected chi connectivity index (χ0v) is 11.9. The first-order chi connectivity index (χ1) is 7.99. The molecule has 2 unspecified atom stereocenters.